The maximum atomic E-state index is 13.1. The highest BCUT2D eigenvalue weighted by atomic mass is 32.1. The first-order valence-electron chi connectivity index (χ1n) is 9.49. The van der Waals surface area contributed by atoms with Gasteiger partial charge in [-0.3, -0.25) is 14.4 Å². The van der Waals surface area contributed by atoms with E-state index in [0.29, 0.717) is 27.9 Å². The molecule has 8 heteroatoms. The van der Waals surface area contributed by atoms with E-state index in [0.717, 1.165) is 29.7 Å². The largest absolute Gasteiger partial charge is 0.497 e. The van der Waals surface area contributed by atoms with E-state index in [2.05, 4.69) is 17.6 Å². The molecule has 0 radical (unpaired) electrons. The summed E-state index contributed by atoms with van der Waals surface area (Å²) >= 11 is 1.41. The standard InChI is InChI=1S/C21H24N2O5S/c1-12-3-8-15-16(11-12)29-21(23-17(24)9-10-18(25)26)19(15)20(27)22-13-4-6-14(28-2)7-5-13/h4-7,12H,3,8-11H2,1-2H3,(H,22,27)(H,23,24)(H,25,26)/t12-/m0/s1. The first-order valence-corrected chi connectivity index (χ1v) is 10.3. The zero-order valence-electron chi connectivity index (χ0n) is 16.4. The molecule has 29 heavy (non-hydrogen) atoms. The van der Waals surface area contributed by atoms with Crippen LogP contribution in [0.4, 0.5) is 10.7 Å². The lowest BCUT2D eigenvalue weighted by molar-refractivity contribution is -0.138. The van der Waals surface area contributed by atoms with E-state index in [4.69, 9.17) is 9.84 Å². The van der Waals surface area contributed by atoms with Crippen molar-refractivity contribution in [1.82, 2.24) is 0 Å². The lowest BCUT2D eigenvalue weighted by Gasteiger charge is -2.18. The third kappa shape index (κ3) is 5.14. The van der Waals surface area contributed by atoms with Gasteiger partial charge in [-0.25, -0.2) is 0 Å². The van der Waals surface area contributed by atoms with Gasteiger partial charge in [-0.05, 0) is 55.0 Å². The van der Waals surface area contributed by atoms with Gasteiger partial charge >= 0.3 is 5.97 Å². The highest BCUT2D eigenvalue weighted by Gasteiger charge is 2.28. The number of methoxy groups -OCH3 is 1. The monoisotopic (exact) mass is 416 g/mol. The molecule has 0 spiro atoms. The lowest BCUT2D eigenvalue weighted by atomic mass is 9.88. The second-order valence-electron chi connectivity index (χ2n) is 7.18. The molecule has 1 atom stereocenters. The van der Waals surface area contributed by atoms with Crippen LogP contribution in [0.2, 0.25) is 0 Å². The van der Waals surface area contributed by atoms with Crippen LogP contribution in [0.3, 0.4) is 0 Å². The summed E-state index contributed by atoms with van der Waals surface area (Å²) in [5, 5.41) is 14.9. The van der Waals surface area contributed by atoms with Gasteiger partial charge in [0.2, 0.25) is 5.91 Å². The van der Waals surface area contributed by atoms with Gasteiger partial charge in [0.15, 0.2) is 0 Å². The number of carbonyl (C=O) groups is 3. The quantitative estimate of drug-likeness (QED) is 0.634. The van der Waals surface area contributed by atoms with E-state index in [1.165, 1.54) is 11.3 Å². The molecule has 0 fully saturated rings. The number of thiophene rings is 1. The summed E-state index contributed by atoms with van der Waals surface area (Å²) < 4.78 is 5.13. The Bertz CT molecular complexity index is 920. The van der Waals surface area contributed by atoms with Crippen LogP contribution in [0.25, 0.3) is 0 Å². The predicted octanol–water partition coefficient (Wildman–Crippen LogP) is 3.94. The molecule has 1 heterocycles. The molecule has 0 saturated heterocycles. The molecule has 3 rings (SSSR count). The zero-order valence-corrected chi connectivity index (χ0v) is 17.2. The molecule has 0 bridgehead atoms. The van der Waals surface area contributed by atoms with Crippen LogP contribution >= 0.6 is 11.3 Å². The average Bonchev–Trinajstić information content (AvgIpc) is 3.03. The average molecular weight is 416 g/mol. The Kier molecular flexibility index (Phi) is 6.53. The van der Waals surface area contributed by atoms with E-state index in [-0.39, 0.29) is 18.7 Å². The van der Waals surface area contributed by atoms with Crippen molar-refractivity contribution < 1.29 is 24.2 Å². The Labute approximate surface area is 173 Å². The summed E-state index contributed by atoms with van der Waals surface area (Å²) in [5.74, 6) is -0.504. The lowest BCUT2D eigenvalue weighted by Crippen LogP contribution is -2.19. The fraction of sp³-hybridized carbons (Fsp3) is 0.381. The number of rotatable bonds is 7. The molecule has 154 valence electrons. The van der Waals surface area contributed by atoms with Gasteiger partial charge in [0, 0.05) is 17.0 Å². The minimum absolute atomic E-state index is 0.131. The molecule has 0 saturated carbocycles. The van der Waals surface area contributed by atoms with Crippen molar-refractivity contribution in [1.29, 1.82) is 0 Å². The van der Waals surface area contributed by atoms with Gasteiger partial charge in [0.05, 0.1) is 19.1 Å². The number of carbonyl (C=O) groups excluding carboxylic acids is 2. The van der Waals surface area contributed by atoms with Crippen molar-refractivity contribution in [2.75, 3.05) is 17.7 Å². The number of ether oxygens (including phenoxy) is 1. The Morgan fingerprint density at radius 3 is 2.55 bits per heavy atom. The van der Waals surface area contributed by atoms with Crippen LogP contribution in [-0.4, -0.2) is 30.0 Å². The second-order valence-corrected chi connectivity index (χ2v) is 8.29. The van der Waals surface area contributed by atoms with Crippen molar-refractivity contribution in [2.24, 2.45) is 5.92 Å². The van der Waals surface area contributed by atoms with Gasteiger partial charge in [-0.1, -0.05) is 6.92 Å². The van der Waals surface area contributed by atoms with Gasteiger partial charge in [0.1, 0.15) is 10.8 Å². The number of anilines is 2. The number of carboxylic acids is 1. The minimum atomic E-state index is -1.03. The first-order chi connectivity index (χ1) is 13.9. The Morgan fingerprint density at radius 2 is 1.90 bits per heavy atom. The zero-order chi connectivity index (χ0) is 21.0. The van der Waals surface area contributed by atoms with E-state index >= 15 is 0 Å². The number of benzene rings is 1. The number of fused-ring (bicyclic) bond motifs is 1. The molecule has 1 aliphatic rings. The fourth-order valence-corrected chi connectivity index (χ4v) is 4.78. The van der Waals surface area contributed by atoms with Crippen molar-refractivity contribution >= 4 is 39.8 Å². The first kappa shape index (κ1) is 20.9. The molecular weight excluding hydrogens is 392 g/mol. The highest BCUT2D eigenvalue weighted by Crippen LogP contribution is 2.40. The number of hydrogen-bond donors (Lipinski definition) is 3. The highest BCUT2D eigenvalue weighted by molar-refractivity contribution is 7.17. The molecule has 1 aliphatic carbocycles. The SMILES string of the molecule is COc1ccc(NC(=O)c2c(NC(=O)CCC(=O)O)sc3c2CC[C@H](C)C3)cc1. The molecule has 3 N–H and O–H groups in total. The summed E-state index contributed by atoms with van der Waals surface area (Å²) in [6.07, 6.45) is 2.26. The van der Waals surface area contributed by atoms with E-state index in [1.54, 1.807) is 31.4 Å². The van der Waals surface area contributed by atoms with E-state index in [9.17, 15) is 14.4 Å². The fourth-order valence-electron chi connectivity index (χ4n) is 3.36. The Balaban J connectivity index is 1.85. The van der Waals surface area contributed by atoms with Crippen molar-refractivity contribution in [3.05, 3.63) is 40.3 Å². The summed E-state index contributed by atoms with van der Waals surface area (Å²) in [6.45, 7) is 2.17. The smallest absolute Gasteiger partial charge is 0.303 e. The summed E-state index contributed by atoms with van der Waals surface area (Å²) in [6, 6.07) is 7.02. The number of hydrogen-bond acceptors (Lipinski definition) is 5. The topological polar surface area (TPSA) is 105 Å². The molecule has 1 aromatic carbocycles. The number of aliphatic carboxylic acids is 1. The maximum Gasteiger partial charge on any atom is 0.303 e. The second kappa shape index (κ2) is 9.09. The van der Waals surface area contributed by atoms with Crippen molar-refractivity contribution in [3.63, 3.8) is 0 Å². The van der Waals surface area contributed by atoms with Crippen LogP contribution in [0, 0.1) is 5.92 Å². The van der Waals surface area contributed by atoms with Crippen LogP contribution in [-0.2, 0) is 22.4 Å². The minimum Gasteiger partial charge on any atom is -0.497 e. The van der Waals surface area contributed by atoms with Crippen LogP contribution in [0.15, 0.2) is 24.3 Å². The van der Waals surface area contributed by atoms with Gasteiger partial charge in [0.25, 0.3) is 5.91 Å². The Morgan fingerprint density at radius 1 is 1.17 bits per heavy atom. The molecule has 0 unspecified atom stereocenters. The predicted molar refractivity (Wildman–Crippen MR) is 112 cm³/mol. The number of amides is 2. The molecule has 2 amide bonds. The van der Waals surface area contributed by atoms with Crippen LogP contribution in [0.1, 0.15) is 47.0 Å². The van der Waals surface area contributed by atoms with Gasteiger partial charge < -0.3 is 20.5 Å². The van der Waals surface area contributed by atoms with Gasteiger partial charge in [-0.2, -0.15) is 0 Å². The molecule has 1 aromatic heterocycles. The Hall–Kier alpha value is -2.87. The summed E-state index contributed by atoms with van der Waals surface area (Å²) in [5.41, 5.74) is 2.09. The normalized spacial score (nSPS) is 15.3. The van der Waals surface area contributed by atoms with Crippen LogP contribution in [0.5, 0.6) is 5.75 Å². The van der Waals surface area contributed by atoms with Crippen molar-refractivity contribution in [3.8, 4) is 5.75 Å². The number of nitrogens with one attached hydrogen (secondary N) is 2. The van der Waals surface area contributed by atoms with Crippen LogP contribution < -0.4 is 15.4 Å². The van der Waals surface area contributed by atoms with E-state index in [1.807, 2.05) is 0 Å². The van der Waals surface area contributed by atoms with Gasteiger partial charge in [-0.15, -0.1) is 11.3 Å². The summed E-state index contributed by atoms with van der Waals surface area (Å²) in [4.78, 5) is 37.1. The van der Waals surface area contributed by atoms with E-state index < -0.39 is 11.9 Å². The number of carboxylic acid groups (broad SMARTS) is 1. The molecule has 0 aliphatic heterocycles. The summed E-state index contributed by atoms with van der Waals surface area (Å²) in [7, 11) is 1.57. The molecular formula is C21H24N2O5S. The third-order valence-electron chi connectivity index (χ3n) is 4.91. The molecule has 2 aromatic rings. The van der Waals surface area contributed by atoms with Crippen molar-refractivity contribution in [2.45, 2.75) is 39.0 Å². The molecule has 7 nitrogen and oxygen atoms in total. The maximum absolute atomic E-state index is 13.1. The third-order valence-corrected chi connectivity index (χ3v) is 6.08.